The third-order valence-corrected chi connectivity index (χ3v) is 6.03. The first kappa shape index (κ1) is 23.5. The molecule has 34 heavy (non-hydrogen) atoms. The Hall–Kier alpha value is -3.70. The van der Waals surface area contributed by atoms with Crippen LogP contribution in [0.15, 0.2) is 20.1 Å². The van der Waals surface area contributed by atoms with E-state index in [4.69, 9.17) is 14.9 Å². The van der Waals surface area contributed by atoms with Crippen molar-refractivity contribution in [1.29, 1.82) is 0 Å². The smallest absolute Gasteiger partial charge is 0.423 e. The Morgan fingerprint density at radius 2 is 1.85 bits per heavy atom. The van der Waals surface area contributed by atoms with Gasteiger partial charge in [-0.25, -0.2) is 19.6 Å². The van der Waals surface area contributed by atoms with E-state index in [1.165, 1.54) is 11.6 Å². The molecule has 0 aromatic carbocycles. The summed E-state index contributed by atoms with van der Waals surface area (Å²) in [7, 11) is 1.51. The highest BCUT2D eigenvalue weighted by atomic mass is 16.5. The fourth-order valence-corrected chi connectivity index (χ4v) is 4.26. The Labute approximate surface area is 195 Å². The molecule has 1 saturated heterocycles. The number of amides is 1. The molecule has 1 aliphatic rings. The molecule has 1 aliphatic heterocycles. The first-order valence-electron chi connectivity index (χ1n) is 11.2. The first-order chi connectivity index (χ1) is 16.1. The Balaban J connectivity index is 1.64. The molecule has 0 saturated carbocycles. The maximum atomic E-state index is 12.7. The maximum Gasteiger partial charge on any atom is 0.423 e. The van der Waals surface area contributed by atoms with Gasteiger partial charge in [0.2, 0.25) is 11.9 Å². The van der Waals surface area contributed by atoms with Crippen LogP contribution in [-0.4, -0.2) is 49.7 Å². The van der Waals surface area contributed by atoms with E-state index in [9.17, 15) is 14.4 Å². The fourth-order valence-electron chi connectivity index (χ4n) is 4.26. The lowest BCUT2D eigenvalue weighted by Gasteiger charge is -2.32. The number of fused-ring (bicyclic) bond motifs is 1. The number of carbonyl (C=O) groups excluding carboxylic acids is 1. The minimum Gasteiger partial charge on any atom is -0.463 e. The van der Waals surface area contributed by atoms with Crippen LogP contribution >= 0.6 is 0 Å². The molecule has 2 N–H and O–H groups in total. The summed E-state index contributed by atoms with van der Waals surface area (Å²) in [4.78, 5) is 51.5. The number of hydrogen-bond acceptors (Lipinski definition) is 9. The standard InChI is InChI=1S/C22H29N7O5/c1-12(11-33-20-24-13(2)9-14(3)25-20)10-29-16-18(27(4)22(32)34-19(16)31)26-21(29)28-7-5-15(6-8-28)17(23)30/h9,12,15H,5-8,10-11H2,1-4H3,(H2,23,30). The molecule has 0 aliphatic carbocycles. The van der Waals surface area contributed by atoms with Crippen molar-refractivity contribution in [2.45, 2.75) is 40.2 Å². The average Bonchev–Trinajstić information content (AvgIpc) is 3.15. The second-order valence-electron chi connectivity index (χ2n) is 8.92. The Morgan fingerprint density at radius 1 is 1.21 bits per heavy atom. The minimum atomic E-state index is -0.774. The van der Waals surface area contributed by atoms with E-state index in [-0.39, 0.29) is 28.9 Å². The third-order valence-electron chi connectivity index (χ3n) is 6.03. The van der Waals surface area contributed by atoms with Crippen LogP contribution < -0.4 is 26.8 Å². The van der Waals surface area contributed by atoms with Crippen molar-refractivity contribution >= 4 is 23.0 Å². The largest absolute Gasteiger partial charge is 0.463 e. The molecule has 1 fully saturated rings. The van der Waals surface area contributed by atoms with Crippen molar-refractivity contribution in [1.82, 2.24) is 24.1 Å². The number of hydrogen-bond donors (Lipinski definition) is 1. The van der Waals surface area contributed by atoms with Crippen LogP contribution in [0.5, 0.6) is 6.01 Å². The molecule has 3 aromatic rings. The molecule has 3 aromatic heterocycles. The van der Waals surface area contributed by atoms with Crippen molar-refractivity contribution < 1.29 is 13.9 Å². The van der Waals surface area contributed by atoms with Crippen molar-refractivity contribution in [3.63, 3.8) is 0 Å². The maximum absolute atomic E-state index is 12.7. The summed E-state index contributed by atoms with van der Waals surface area (Å²) in [5.74, 6) is -0.782. The zero-order valence-corrected chi connectivity index (χ0v) is 19.8. The lowest BCUT2D eigenvalue weighted by molar-refractivity contribution is -0.122. The summed E-state index contributed by atoms with van der Waals surface area (Å²) < 4.78 is 13.7. The highest BCUT2D eigenvalue weighted by molar-refractivity contribution is 5.77. The number of primary amides is 1. The molecule has 0 bridgehead atoms. The van der Waals surface area contributed by atoms with Gasteiger partial charge in [-0.1, -0.05) is 6.92 Å². The molecule has 4 heterocycles. The van der Waals surface area contributed by atoms with Gasteiger partial charge in [0, 0.05) is 49.9 Å². The number of carbonyl (C=O) groups is 1. The SMILES string of the molecule is Cc1cc(C)nc(OCC(C)Cn2c(N3CCC(C(N)=O)CC3)nc3c2c(=O)oc(=O)n3C)n1. The van der Waals surface area contributed by atoms with Gasteiger partial charge in [0.25, 0.3) is 0 Å². The third kappa shape index (κ3) is 4.66. The number of rotatable bonds is 7. The topological polar surface area (TPSA) is 151 Å². The number of aromatic nitrogens is 5. The van der Waals surface area contributed by atoms with Crippen LogP contribution in [0.1, 0.15) is 31.2 Å². The van der Waals surface area contributed by atoms with Gasteiger partial charge >= 0.3 is 17.4 Å². The second kappa shape index (κ2) is 9.27. The lowest BCUT2D eigenvalue weighted by Crippen LogP contribution is -2.40. The monoisotopic (exact) mass is 471 g/mol. The first-order valence-corrected chi connectivity index (χ1v) is 11.2. The number of nitrogens with zero attached hydrogens (tertiary/aromatic N) is 6. The quantitative estimate of drug-likeness (QED) is 0.519. The molecule has 1 unspecified atom stereocenters. The predicted octanol–water partition coefficient (Wildman–Crippen LogP) is 0.512. The van der Waals surface area contributed by atoms with Gasteiger partial charge in [-0.3, -0.25) is 9.36 Å². The van der Waals surface area contributed by atoms with Gasteiger partial charge in [-0.05, 0) is 32.8 Å². The molecule has 182 valence electrons. The molecule has 1 atom stereocenters. The van der Waals surface area contributed by atoms with Crippen LogP contribution in [0.3, 0.4) is 0 Å². The number of ether oxygens (including phenoxy) is 1. The van der Waals surface area contributed by atoms with E-state index in [2.05, 4.69) is 15.0 Å². The lowest BCUT2D eigenvalue weighted by atomic mass is 9.96. The number of anilines is 1. The molecule has 4 rings (SSSR count). The van der Waals surface area contributed by atoms with E-state index in [0.717, 1.165) is 11.4 Å². The zero-order valence-electron chi connectivity index (χ0n) is 19.8. The van der Waals surface area contributed by atoms with Crippen LogP contribution in [0.25, 0.3) is 11.2 Å². The van der Waals surface area contributed by atoms with Crippen molar-refractivity contribution in [3.8, 4) is 6.01 Å². The summed E-state index contributed by atoms with van der Waals surface area (Å²) in [5, 5.41) is 0. The molecular weight excluding hydrogens is 442 g/mol. The summed E-state index contributed by atoms with van der Waals surface area (Å²) in [6, 6.07) is 2.17. The summed E-state index contributed by atoms with van der Waals surface area (Å²) in [6.07, 6.45) is 1.18. The number of piperidine rings is 1. The molecule has 12 nitrogen and oxygen atoms in total. The van der Waals surface area contributed by atoms with Crippen molar-refractivity contribution in [3.05, 3.63) is 38.4 Å². The van der Waals surface area contributed by atoms with Crippen LogP contribution in [0.4, 0.5) is 5.95 Å². The van der Waals surface area contributed by atoms with Gasteiger partial charge in [0.05, 0.1) is 6.61 Å². The van der Waals surface area contributed by atoms with Crippen LogP contribution in [-0.2, 0) is 18.4 Å². The highest BCUT2D eigenvalue weighted by Crippen LogP contribution is 2.26. The van der Waals surface area contributed by atoms with Gasteiger partial charge in [0.1, 0.15) is 0 Å². The number of imidazole rings is 1. The van der Waals surface area contributed by atoms with Gasteiger partial charge in [-0.15, -0.1) is 0 Å². The number of aryl methyl sites for hydroxylation is 3. The Bertz CT molecular complexity index is 1310. The second-order valence-corrected chi connectivity index (χ2v) is 8.92. The van der Waals surface area contributed by atoms with E-state index in [1.807, 2.05) is 31.7 Å². The van der Waals surface area contributed by atoms with E-state index in [1.54, 1.807) is 4.57 Å². The normalized spacial score (nSPS) is 15.6. The predicted molar refractivity (Wildman–Crippen MR) is 124 cm³/mol. The van der Waals surface area contributed by atoms with Gasteiger partial charge < -0.3 is 24.4 Å². The Kier molecular flexibility index (Phi) is 6.40. The average molecular weight is 472 g/mol. The molecule has 0 radical (unpaired) electrons. The van der Waals surface area contributed by atoms with Crippen molar-refractivity contribution in [2.24, 2.45) is 24.6 Å². The molecule has 0 spiro atoms. The van der Waals surface area contributed by atoms with E-state index >= 15 is 0 Å². The fraction of sp³-hybridized carbons (Fsp3) is 0.545. The van der Waals surface area contributed by atoms with Gasteiger partial charge in [-0.2, -0.15) is 4.98 Å². The molecule has 1 amide bonds. The minimum absolute atomic E-state index is 0.0552. The molecule has 12 heteroatoms. The van der Waals surface area contributed by atoms with E-state index in [0.29, 0.717) is 51.0 Å². The highest BCUT2D eigenvalue weighted by Gasteiger charge is 2.28. The zero-order chi connectivity index (χ0) is 24.6. The Morgan fingerprint density at radius 3 is 2.47 bits per heavy atom. The molecular formula is C22H29N7O5. The van der Waals surface area contributed by atoms with Crippen LogP contribution in [0, 0.1) is 25.7 Å². The van der Waals surface area contributed by atoms with Crippen molar-refractivity contribution in [2.75, 3.05) is 24.6 Å². The van der Waals surface area contributed by atoms with Gasteiger partial charge in [0.15, 0.2) is 11.2 Å². The summed E-state index contributed by atoms with van der Waals surface area (Å²) in [5.41, 5.74) is 6.82. The van der Waals surface area contributed by atoms with Crippen LogP contribution in [0.2, 0.25) is 0 Å². The summed E-state index contributed by atoms with van der Waals surface area (Å²) in [6.45, 7) is 7.52. The van der Waals surface area contributed by atoms with E-state index < -0.39 is 11.4 Å². The number of nitrogens with two attached hydrogens (primary N) is 1. The summed E-state index contributed by atoms with van der Waals surface area (Å²) >= 11 is 0.